The lowest BCUT2D eigenvalue weighted by atomic mass is 9.89. The minimum Gasteiger partial charge on any atom is -0.411 e. The molecule has 1 heterocycles. The number of nitrogens with one attached hydrogen (secondary N) is 2. The number of aromatic nitrogens is 2. The van der Waals surface area contributed by atoms with Crippen molar-refractivity contribution in [3.8, 4) is 11.5 Å². The molecule has 1 aliphatic rings. The van der Waals surface area contributed by atoms with Gasteiger partial charge in [-0.25, -0.2) is 0 Å². The summed E-state index contributed by atoms with van der Waals surface area (Å²) in [5.74, 6) is -0.122. The predicted octanol–water partition coefficient (Wildman–Crippen LogP) is 3.21. The van der Waals surface area contributed by atoms with Crippen LogP contribution in [0.4, 0.5) is 0 Å². The van der Waals surface area contributed by atoms with Crippen LogP contribution in [0.2, 0.25) is 5.02 Å². The molecular weight excluding hydrogens is 376 g/mol. The lowest BCUT2D eigenvalue weighted by Gasteiger charge is -2.20. The van der Waals surface area contributed by atoms with Gasteiger partial charge in [0, 0.05) is 5.92 Å². The van der Waals surface area contributed by atoms with Crippen LogP contribution in [-0.2, 0) is 9.59 Å². The highest BCUT2D eigenvalue weighted by atomic mass is 35.5. The van der Waals surface area contributed by atoms with E-state index in [0.29, 0.717) is 16.5 Å². The van der Waals surface area contributed by atoms with E-state index in [1.54, 1.807) is 12.1 Å². The maximum atomic E-state index is 12.0. The van der Waals surface area contributed by atoms with Crippen LogP contribution in [0, 0.1) is 5.92 Å². The highest BCUT2D eigenvalue weighted by Gasteiger charge is 2.21. The molecule has 0 radical (unpaired) electrons. The van der Waals surface area contributed by atoms with Crippen LogP contribution in [0.3, 0.4) is 0 Å². The zero-order valence-corrected chi connectivity index (χ0v) is 15.6. The van der Waals surface area contributed by atoms with Crippen molar-refractivity contribution in [2.24, 2.45) is 5.92 Å². The molecule has 1 fully saturated rings. The van der Waals surface area contributed by atoms with E-state index < -0.39 is 0 Å². The number of nitrogens with zero attached hydrogens (tertiary/aromatic N) is 2. The molecule has 7 nitrogen and oxygen atoms in total. The summed E-state index contributed by atoms with van der Waals surface area (Å²) in [5.41, 5.74) is 5.56. The lowest BCUT2D eigenvalue weighted by molar-refractivity contribution is -0.131. The van der Waals surface area contributed by atoms with Crippen LogP contribution in [0.15, 0.2) is 33.9 Å². The van der Waals surface area contributed by atoms with Gasteiger partial charge in [-0.05, 0) is 25.0 Å². The van der Waals surface area contributed by atoms with Crippen molar-refractivity contribution >= 4 is 35.2 Å². The van der Waals surface area contributed by atoms with Crippen LogP contribution in [0.1, 0.15) is 32.1 Å². The van der Waals surface area contributed by atoms with E-state index in [2.05, 4.69) is 21.0 Å². The van der Waals surface area contributed by atoms with Gasteiger partial charge in [0.05, 0.1) is 16.3 Å². The maximum Gasteiger partial charge on any atom is 0.277 e. The number of benzene rings is 1. The van der Waals surface area contributed by atoms with Crippen molar-refractivity contribution in [2.75, 3.05) is 5.75 Å². The molecule has 26 heavy (non-hydrogen) atoms. The molecule has 1 aromatic carbocycles. The van der Waals surface area contributed by atoms with Gasteiger partial charge in [-0.2, -0.15) is 0 Å². The van der Waals surface area contributed by atoms with Crippen LogP contribution in [0.25, 0.3) is 11.5 Å². The van der Waals surface area contributed by atoms with Gasteiger partial charge in [-0.3, -0.25) is 20.4 Å². The Morgan fingerprint density at radius 1 is 1.15 bits per heavy atom. The smallest absolute Gasteiger partial charge is 0.277 e. The first kappa shape index (κ1) is 18.7. The molecule has 0 aliphatic heterocycles. The van der Waals surface area contributed by atoms with E-state index in [0.717, 1.165) is 37.4 Å². The Morgan fingerprint density at radius 2 is 1.92 bits per heavy atom. The van der Waals surface area contributed by atoms with Crippen molar-refractivity contribution in [3.63, 3.8) is 0 Å². The Labute approximate surface area is 160 Å². The van der Waals surface area contributed by atoms with Crippen molar-refractivity contribution in [1.82, 2.24) is 21.0 Å². The van der Waals surface area contributed by atoms with Gasteiger partial charge in [-0.1, -0.05) is 54.8 Å². The summed E-state index contributed by atoms with van der Waals surface area (Å²) in [6.07, 6.45) is 5.05. The molecule has 9 heteroatoms. The molecule has 3 rings (SSSR count). The van der Waals surface area contributed by atoms with Crippen molar-refractivity contribution in [2.45, 2.75) is 37.3 Å². The highest BCUT2D eigenvalue weighted by Crippen LogP contribution is 2.28. The van der Waals surface area contributed by atoms with E-state index in [9.17, 15) is 9.59 Å². The van der Waals surface area contributed by atoms with Crippen LogP contribution < -0.4 is 10.9 Å². The molecular formula is C17H19ClN4O3S. The Hall–Kier alpha value is -2.06. The summed E-state index contributed by atoms with van der Waals surface area (Å²) in [6, 6.07) is 7.14. The van der Waals surface area contributed by atoms with Gasteiger partial charge in [0.2, 0.25) is 17.7 Å². The Balaban J connectivity index is 1.45. The fourth-order valence-electron chi connectivity index (χ4n) is 2.77. The van der Waals surface area contributed by atoms with Gasteiger partial charge < -0.3 is 4.42 Å². The molecule has 138 valence electrons. The largest absolute Gasteiger partial charge is 0.411 e. The molecule has 0 saturated heterocycles. The molecule has 1 saturated carbocycles. The lowest BCUT2D eigenvalue weighted by Crippen LogP contribution is -2.45. The number of thioether (sulfide) groups is 1. The summed E-state index contributed by atoms with van der Waals surface area (Å²) in [4.78, 5) is 23.9. The SMILES string of the molecule is O=C(CSc1nnc(-c2ccccc2Cl)o1)NNC(=O)C1CCCCC1. The summed E-state index contributed by atoms with van der Waals surface area (Å²) in [5, 5.41) is 8.60. The molecule has 0 atom stereocenters. The van der Waals surface area contributed by atoms with E-state index in [1.807, 2.05) is 12.1 Å². The second-order valence-corrected chi connectivity index (χ2v) is 7.35. The molecule has 0 spiro atoms. The van der Waals surface area contributed by atoms with Gasteiger partial charge in [-0.15, -0.1) is 10.2 Å². The first-order valence-electron chi connectivity index (χ1n) is 8.43. The second-order valence-electron chi connectivity index (χ2n) is 6.01. The minimum atomic E-state index is -0.336. The second kappa shape index (κ2) is 9.05. The molecule has 2 N–H and O–H groups in total. The summed E-state index contributed by atoms with van der Waals surface area (Å²) < 4.78 is 5.51. The number of hydrogen-bond donors (Lipinski definition) is 2. The maximum absolute atomic E-state index is 12.0. The Bertz CT molecular complexity index is 777. The molecule has 0 bridgehead atoms. The number of carbonyl (C=O) groups excluding carboxylic acids is 2. The van der Waals surface area contributed by atoms with Crippen molar-refractivity contribution in [1.29, 1.82) is 0 Å². The van der Waals surface area contributed by atoms with Crippen molar-refractivity contribution in [3.05, 3.63) is 29.3 Å². The predicted molar refractivity (Wildman–Crippen MR) is 98.3 cm³/mol. The van der Waals surface area contributed by atoms with E-state index >= 15 is 0 Å². The third-order valence-corrected chi connectivity index (χ3v) is 5.29. The van der Waals surface area contributed by atoms with Crippen LogP contribution in [0.5, 0.6) is 0 Å². The molecule has 1 aliphatic carbocycles. The number of amides is 2. The average Bonchev–Trinajstić information content (AvgIpc) is 3.14. The number of rotatable bonds is 5. The fraction of sp³-hybridized carbons (Fsp3) is 0.412. The van der Waals surface area contributed by atoms with Gasteiger partial charge >= 0.3 is 0 Å². The third-order valence-electron chi connectivity index (χ3n) is 4.14. The van der Waals surface area contributed by atoms with Gasteiger partial charge in [0.1, 0.15) is 0 Å². The standard InChI is InChI=1S/C17H19ClN4O3S/c18-13-9-5-4-8-12(13)16-21-22-17(25-16)26-10-14(23)19-20-15(24)11-6-2-1-3-7-11/h4-5,8-9,11H,1-3,6-7,10H2,(H,19,23)(H,20,24). The zero-order chi connectivity index (χ0) is 18.4. The van der Waals surface area contributed by atoms with Gasteiger partial charge in [0.25, 0.3) is 5.22 Å². The first-order valence-corrected chi connectivity index (χ1v) is 9.80. The van der Waals surface area contributed by atoms with E-state index in [4.69, 9.17) is 16.0 Å². The van der Waals surface area contributed by atoms with Gasteiger partial charge in [0.15, 0.2) is 0 Å². The summed E-state index contributed by atoms with van der Waals surface area (Å²) >= 11 is 7.18. The molecule has 2 aromatic rings. The van der Waals surface area contributed by atoms with Crippen LogP contribution >= 0.6 is 23.4 Å². The molecule has 0 unspecified atom stereocenters. The summed E-state index contributed by atoms with van der Waals surface area (Å²) in [6.45, 7) is 0. The first-order chi connectivity index (χ1) is 12.6. The van der Waals surface area contributed by atoms with E-state index in [-0.39, 0.29) is 28.7 Å². The number of hydrazine groups is 1. The van der Waals surface area contributed by atoms with Crippen LogP contribution in [-0.4, -0.2) is 27.8 Å². The normalized spacial score (nSPS) is 14.8. The quantitative estimate of drug-likeness (QED) is 0.597. The summed E-state index contributed by atoms with van der Waals surface area (Å²) in [7, 11) is 0. The number of carbonyl (C=O) groups is 2. The molecule has 1 aromatic heterocycles. The number of halogens is 1. The third kappa shape index (κ3) is 4.98. The minimum absolute atomic E-state index is 0.00850. The number of hydrogen-bond acceptors (Lipinski definition) is 6. The van der Waals surface area contributed by atoms with Crippen molar-refractivity contribution < 1.29 is 14.0 Å². The average molecular weight is 395 g/mol. The fourth-order valence-corrected chi connectivity index (χ4v) is 3.55. The topological polar surface area (TPSA) is 97.1 Å². The molecule has 2 amide bonds. The van der Waals surface area contributed by atoms with E-state index in [1.165, 1.54) is 6.42 Å². The Kier molecular flexibility index (Phi) is 6.51. The Morgan fingerprint density at radius 3 is 2.69 bits per heavy atom. The highest BCUT2D eigenvalue weighted by molar-refractivity contribution is 7.99. The monoisotopic (exact) mass is 394 g/mol. The zero-order valence-electron chi connectivity index (χ0n) is 14.0.